The minimum absolute atomic E-state index is 0.00362. The van der Waals surface area contributed by atoms with Crippen LogP contribution in [0, 0.1) is 11.3 Å². The second kappa shape index (κ2) is 9.46. The van der Waals surface area contributed by atoms with Gasteiger partial charge < -0.3 is 25.3 Å². The van der Waals surface area contributed by atoms with Gasteiger partial charge in [0.2, 0.25) is 5.88 Å². The summed E-state index contributed by atoms with van der Waals surface area (Å²) in [5.41, 5.74) is 4.82. The average Bonchev–Trinajstić information content (AvgIpc) is 2.66. The van der Waals surface area contributed by atoms with Gasteiger partial charge in [-0.3, -0.25) is 4.79 Å². The van der Waals surface area contributed by atoms with Gasteiger partial charge in [0, 0.05) is 12.1 Å². The van der Waals surface area contributed by atoms with E-state index in [1.165, 1.54) is 24.4 Å². The molecule has 1 atom stereocenters. The van der Waals surface area contributed by atoms with Gasteiger partial charge in [0.05, 0.1) is 17.4 Å². The maximum Gasteiger partial charge on any atom is 0.573 e. The van der Waals surface area contributed by atoms with Crippen LogP contribution < -0.4 is 20.5 Å². The molecule has 1 aromatic heterocycles. The molecule has 0 radical (unpaired) electrons. The molecule has 0 unspecified atom stereocenters. The summed E-state index contributed by atoms with van der Waals surface area (Å²) in [5.74, 6) is -1.39. The minimum atomic E-state index is -4.98. The van der Waals surface area contributed by atoms with E-state index in [1.54, 1.807) is 13.0 Å². The first-order chi connectivity index (χ1) is 14.1. The molecule has 0 bridgehead atoms. The highest BCUT2D eigenvalue weighted by Crippen LogP contribution is 2.31. The van der Waals surface area contributed by atoms with Gasteiger partial charge in [-0.2, -0.15) is 5.26 Å². The topological polar surface area (TPSA) is 137 Å². The first-order valence-electron chi connectivity index (χ1n) is 8.32. The number of benzene rings is 1. The van der Waals surface area contributed by atoms with Crippen LogP contribution in [-0.2, 0) is 9.53 Å². The molecule has 30 heavy (non-hydrogen) atoms. The number of rotatable bonds is 7. The van der Waals surface area contributed by atoms with E-state index < -0.39 is 30.2 Å². The molecule has 158 valence electrons. The number of nitrogens with zero attached hydrogens (tertiary/aromatic N) is 2. The molecule has 0 aliphatic heterocycles. The summed E-state index contributed by atoms with van der Waals surface area (Å²) in [5, 5.41) is 11.4. The normalized spacial score (nSPS) is 11.7. The van der Waals surface area contributed by atoms with Crippen LogP contribution in [0.4, 0.5) is 23.7 Å². The number of pyridine rings is 1. The molecule has 1 aromatic carbocycles. The number of halogens is 3. The molecule has 0 saturated heterocycles. The van der Waals surface area contributed by atoms with Crippen molar-refractivity contribution in [3.8, 4) is 23.4 Å². The molecule has 0 aliphatic carbocycles. The van der Waals surface area contributed by atoms with E-state index in [2.05, 4.69) is 19.8 Å². The summed E-state index contributed by atoms with van der Waals surface area (Å²) in [4.78, 5) is 26.7. The van der Waals surface area contributed by atoms with Crippen LogP contribution in [0.1, 0.15) is 18.9 Å². The maximum absolute atomic E-state index is 12.5. The quantitative estimate of drug-likeness (QED) is 0.694. The second-order valence-electron chi connectivity index (χ2n) is 5.63. The average molecular weight is 424 g/mol. The number of amides is 2. The zero-order valence-electron chi connectivity index (χ0n) is 15.4. The zero-order chi connectivity index (χ0) is 22.3. The molecule has 2 aromatic rings. The Hall–Kier alpha value is -4.01. The standard InChI is InChI=1S/C18H15F3N4O5/c1-2-13(29-17(23)27)16(26)25-11-4-6-15(24-9-11)28-12-5-3-10(8-22)14(7-12)30-18(19,20)21/h3-7,9,13H,2H2,1H3,(H2,23,27)(H,25,26)/t13-/m1/s1. The number of carbonyl (C=O) groups is 2. The fourth-order valence-electron chi connectivity index (χ4n) is 2.19. The van der Waals surface area contributed by atoms with E-state index in [0.29, 0.717) is 0 Å². The molecule has 2 rings (SSSR count). The fraction of sp³-hybridized carbons (Fsp3) is 0.222. The van der Waals surface area contributed by atoms with Crippen molar-refractivity contribution in [1.29, 1.82) is 5.26 Å². The minimum Gasteiger partial charge on any atom is -0.439 e. The fourth-order valence-corrected chi connectivity index (χ4v) is 2.19. The van der Waals surface area contributed by atoms with Gasteiger partial charge in [-0.15, -0.1) is 13.2 Å². The Balaban J connectivity index is 2.09. The van der Waals surface area contributed by atoms with E-state index in [1.807, 2.05) is 0 Å². The largest absolute Gasteiger partial charge is 0.573 e. The van der Waals surface area contributed by atoms with E-state index in [4.69, 9.17) is 15.7 Å². The number of hydrogen-bond donors (Lipinski definition) is 2. The van der Waals surface area contributed by atoms with Gasteiger partial charge in [0.1, 0.15) is 11.8 Å². The number of alkyl halides is 3. The van der Waals surface area contributed by atoms with Gasteiger partial charge in [-0.05, 0) is 24.6 Å². The molecule has 0 aliphatic rings. The predicted molar refractivity (Wildman–Crippen MR) is 95.5 cm³/mol. The SMILES string of the molecule is CC[C@@H](OC(N)=O)C(=O)Nc1ccc(Oc2ccc(C#N)c(OC(F)(F)F)c2)nc1. The van der Waals surface area contributed by atoms with Crippen LogP contribution >= 0.6 is 0 Å². The van der Waals surface area contributed by atoms with Crippen LogP contribution in [0.25, 0.3) is 0 Å². The highest BCUT2D eigenvalue weighted by molar-refractivity contribution is 5.95. The van der Waals surface area contributed by atoms with E-state index in [0.717, 1.165) is 12.1 Å². The first-order valence-corrected chi connectivity index (χ1v) is 8.32. The van der Waals surface area contributed by atoms with Crippen LogP contribution in [0.15, 0.2) is 36.5 Å². The Labute approximate surface area is 168 Å². The Morgan fingerprint density at radius 1 is 1.30 bits per heavy atom. The Morgan fingerprint density at radius 3 is 2.57 bits per heavy atom. The lowest BCUT2D eigenvalue weighted by atomic mass is 10.2. The van der Waals surface area contributed by atoms with Crippen molar-refractivity contribution in [2.75, 3.05) is 5.32 Å². The molecule has 0 fully saturated rings. The second-order valence-corrected chi connectivity index (χ2v) is 5.63. The zero-order valence-corrected chi connectivity index (χ0v) is 15.4. The summed E-state index contributed by atoms with van der Waals surface area (Å²) in [6.07, 6.45) is -5.72. The van der Waals surface area contributed by atoms with Gasteiger partial charge in [-0.1, -0.05) is 6.92 Å². The third kappa shape index (κ3) is 6.55. The Morgan fingerprint density at radius 2 is 2.03 bits per heavy atom. The monoisotopic (exact) mass is 424 g/mol. The summed E-state index contributed by atoms with van der Waals surface area (Å²) < 4.78 is 51.2. The Bertz CT molecular complexity index is 958. The lowest BCUT2D eigenvalue weighted by Crippen LogP contribution is -2.33. The highest BCUT2D eigenvalue weighted by atomic mass is 19.4. The third-order valence-corrected chi connectivity index (χ3v) is 3.45. The summed E-state index contributed by atoms with van der Waals surface area (Å²) in [7, 11) is 0. The smallest absolute Gasteiger partial charge is 0.439 e. The van der Waals surface area contributed by atoms with Crippen molar-refractivity contribution < 1.29 is 37.0 Å². The lowest BCUT2D eigenvalue weighted by molar-refractivity contribution is -0.274. The summed E-state index contributed by atoms with van der Waals surface area (Å²) >= 11 is 0. The molecule has 0 saturated carbocycles. The molecule has 2 amide bonds. The van der Waals surface area contributed by atoms with Crippen molar-refractivity contribution in [3.05, 3.63) is 42.1 Å². The molecule has 12 heteroatoms. The number of hydrogen-bond acceptors (Lipinski definition) is 7. The molecular formula is C18H15F3N4O5. The van der Waals surface area contributed by atoms with E-state index in [-0.39, 0.29) is 29.3 Å². The Kier molecular flexibility index (Phi) is 7.03. The lowest BCUT2D eigenvalue weighted by Gasteiger charge is -2.14. The number of carbonyl (C=O) groups excluding carboxylic acids is 2. The number of nitrogens with two attached hydrogens (primary N) is 1. The van der Waals surface area contributed by atoms with Crippen molar-refractivity contribution in [1.82, 2.24) is 4.98 Å². The third-order valence-electron chi connectivity index (χ3n) is 3.45. The van der Waals surface area contributed by atoms with E-state index >= 15 is 0 Å². The van der Waals surface area contributed by atoms with E-state index in [9.17, 15) is 22.8 Å². The van der Waals surface area contributed by atoms with Crippen LogP contribution in [0.3, 0.4) is 0 Å². The van der Waals surface area contributed by atoms with Gasteiger partial charge in [-0.25, -0.2) is 9.78 Å². The number of nitrogens with one attached hydrogen (secondary N) is 1. The van der Waals surface area contributed by atoms with Crippen molar-refractivity contribution in [2.45, 2.75) is 25.8 Å². The number of ether oxygens (including phenoxy) is 3. The summed E-state index contributed by atoms with van der Waals surface area (Å²) in [6.45, 7) is 1.62. The molecule has 1 heterocycles. The van der Waals surface area contributed by atoms with Crippen LogP contribution in [-0.4, -0.2) is 29.5 Å². The number of anilines is 1. The van der Waals surface area contributed by atoms with Gasteiger partial charge >= 0.3 is 12.5 Å². The predicted octanol–water partition coefficient (Wildman–Crippen LogP) is 3.46. The van der Waals surface area contributed by atoms with Crippen molar-refractivity contribution in [2.24, 2.45) is 5.73 Å². The molecule has 9 nitrogen and oxygen atoms in total. The van der Waals surface area contributed by atoms with Crippen LogP contribution in [0.5, 0.6) is 17.4 Å². The highest BCUT2D eigenvalue weighted by Gasteiger charge is 2.32. The molecule has 3 N–H and O–H groups in total. The van der Waals surface area contributed by atoms with Crippen molar-refractivity contribution >= 4 is 17.7 Å². The van der Waals surface area contributed by atoms with Gasteiger partial charge in [0.25, 0.3) is 5.91 Å². The number of nitriles is 1. The maximum atomic E-state index is 12.5. The van der Waals surface area contributed by atoms with Gasteiger partial charge in [0.15, 0.2) is 11.9 Å². The number of aromatic nitrogens is 1. The number of primary amides is 1. The van der Waals surface area contributed by atoms with Crippen LogP contribution in [0.2, 0.25) is 0 Å². The van der Waals surface area contributed by atoms with Crippen molar-refractivity contribution in [3.63, 3.8) is 0 Å². The molecule has 0 spiro atoms. The molecular weight excluding hydrogens is 409 g/mol. The first kappa shape index (κ1) is 22.3. The summed E-state index contributed by atoms with van der Waals surface area (Å²) in [6, 6.07) is 7.61.